The Balaban J connectivity index is 2.29. The second kappa shape index (κ2) is 6.65. The summed E-state index contributed by atoms with van der Waals surface area (Å²) in [4.78, 5) is 19.1. The molecule has 1 heterocycles. The van der Waals surface area contributed by atoms with Gasteiger partial charge in [0.1, 0.15) is 5.82 Å². The first-order valence-electron chi connectivity index (χ1n) is 6.24. The first-order valence-corrected chi connectivity index (χ1v) is 7.12. The predicted molar refractivity (Wildman–Crippen MR) is 76.1 cm³/mol. The number of aromatic nitrogens is 2. The Kier molecular flexibility index (Phi) is 4.89. The van der Waals surface area contributed by atoms with Crippen molar-refractivity contribution in [3.63, 3.8) is 0 Å². The van der Waals surface area contributed by atoms with E-state index in [2.05, 4.69) is 9.97 Å². The lowest BCUT2D eigenvalue weighted by atomic mass is 10.1. The van der Waals surface area contributed by atoms with Crippen molar-refractivity contribution in [2.75, 3.05) is 0 Å². The third-order valence-electron chi connectivity index (χ3n) is 2.65. The summed E-state index contributed by atoms with van der Waals surface area (Å²) in [6.07, 6.45) is 1.58. The van der Waals surface area contributed by atoms with Gasteiger partial charge in [-0.3, -0.25) is 4.79 Å². The largest absolute Gasteiger partial charge is 0.311 e. The molecule has 0 bridgehead atoms. The zero-order valence-corrected chi connectivity index (χ0v) is 11.7. The number of H-pyrrole nitrogens is 1. The van der Waals surface area contributed by atoms with E-state index in [4.69, 9.17) is 0 Å². The molecule has 0 spiro atoms. The molecule has 0 saturated heterocycles. The Morgan fingerprint density at radius 2 is 2.00 bits per heavy atom. The van der Waals surface area contributed by atoms with Crippen molar-refractivity contribution >= 4 is 11.8 Å². The van der Waals surface area contributed by atoms with E-state index in [-0.39, 0.29) is 5.56 Å². The van der Waals surface area contributed by atoms with E-state index in [1.807, 2.05) is 6.92 Å². The van der Waals surface area contributed by atoms with E-state index in [1.165, 1.54) is 6.07 Å². The fraction of sp³-hybridized carbons (Fsp3) is 0.286. The molecule has 1 N–H and O–H groups in total. The maximum Gasteiger partial charge on any atom is 0.288 e. The summed E-state index contributed by atoms with van der Waals surface area (Å²) >= 11 is 0.495. The molecule has 20 heavy (non-hydrogen) atoms. The first kappa shape index (κ1) is 14.7. The number of thioether (sulfide) groups is 1. The van der Waals surface area contributed by atoms with Crippen molar-refractivity contribution in [2.24, 2.45) is 0 Å². The highest BCUT2D eigenvalue weighted by atomic mass is 32.2. The molecule has 1 aromatic heterocycles. The van der Waals surface area contributed by atoms with E-state index in [1.54, 1.807) is 24.3 Å². The lowest BCUT2D eigenvalue weighted by Gasteiger charge is -2.05. The quantitative estimate of drug-likeness (QED) is 0.856. The molecule has 0 aliphatic heterocycles. The van der Waals surface area contributed by atoms with Crippen LogP contribution < -0.4 is 5.56 Å². The van der Waals surface area contributed by atoms with E-state index >= 15 is 0 Å². The maximum atomic E-state index is 12.2. The van der Waals surface area contributed by atoms with Crippen LogP contribution in [0.1, 0.15) is 19.2 Å². The van der Waals surface area contributed by atoms with E-state index in [9.17, 15) is 13.6 Å². The molecule has 1 aromatic carbocycles. The van der Waals surface area contributed by atoms with Crippen molar-refractivity contribution in [2.45, 2.75) is 30.4 Å². The Hall–Kier alpha value is -1.69. The van der Waals surface area contributed by atoms with Gasteiger partial charge in [0.15, 0.2) is 0 Å². The number of hydrogen-bond acceptors (Lipinski definition) is 3. The third kappa shape index (κ3) is 3.90. The highest BCUT2D eigenvalue weighted by Gasteiger charge is 2.07. The molecule has 2 aromatic rings. The van der Waals surface area contributed by atoms with Crippen molar-refractivity contribution in [3.8, 4) is 11.3 Å². The summed E-state index contributed by atoms with van der Waals surface area (Å²) < 4.78 is 24.5. The summed E-state index contributed by atoms with van der Waals surface area (Å²) in [7, 11) is 0. The Morgan fingerprint density at radius 3 is 2.60 bits per heavy atom. The van der Waals surface area contributed by atoms with Gasteiger partial charge in [-0.2, -0.15) is 8.78 Å². The molecule has 106 valence electrons. The number of hydrogen-bond donors (Lipinski definition) is 1. The zero-order chi connectivity index (χ0) is 14.5. The van der Waals surface area contributed by atoms with Gasteiger partial charge >= 0.3 is 0 Å². The smallest absolute Gasteiger partial charge is 0.288 e. The highest BCUT2D eigenvalue weighted by molar-refractivity contribution is 7.99. The van der Waals surface area contributed by atoms with Crippen molar-refractivity contribution in [1.29, 1.82) is 0 Å². The van der Waals surface area contributed by atoms with Crippen LogP contribution in [0.2, 0.25) is 0 Å². The van der Waals surface area contributed by atoms with Gasteiger partial charge in [-0.15, -0.1) is 0 Å². The summed E-state index contributed by atoms with van der Waals surface area (Å²) in [6, 6.07) is 8.02. The molecule has 0 aliphatic carbocycles. The van der Waals surface area contributed by atoms with Crippen LogP contribution in [-0.4, -0.2) is 15.7 Å². The number of alkyl halides is 2. The molecule has 0 fully saturated rings. The number of aromatic amines is 1. The zero-order valence-electron chi connectivity index (χ0n) is 10.9. The summed E-state index contributed by atoms with van der Waals surface area (Å²) in [5.74, 6) is -1.80. The number of rotatable bonds is 5. The second-order valence-electron chi connectivity index (χ2n) is 4.23. The van der Waals surface area contributed by atoms with Gasteiger partial charge in [0.05, 0.1) is 5.69 Å². The van der Waals surface area contributed by atoms with Crippen LogP contribution in [0.3, 0.4) is 0 Å². The van der Waals surface area contributed by atoms with Gasteiger partial charge in [0.2, 0.25) is 0 Å². The average Bonchev–Trinajstić information content (AvgIpc) is 2.38. The van der Waals surface area contributed by atoms with E-state index in [0.29, 0.717) is 34.6 Å². The molecule has 0 unspecified atom stereocenters. The Morgan fingerprint density at radius 1 is 1.30 bits per heavy atom. The van der Waals surface area contributed by atoms with Crippen molar-refractivity contribution in [1.82, 2.24) is 9.97 Å². The van der Waals surface area contributed by atoms with Crippen LogP contribution in [0.5, 0.6) is 0 Å². The summed E-state index contributed by atoms with van der Waals surface area (Å²) in [5.41, 5.74) is 1.10. The minimum atomic E-state index is -2.44. The van der Waals surface area contributed by atoms with E-state index < -0.39 is 5.76 Å². The first-order chi connectivity index (χ1) is 9.58. The lowest BCUT2D eigenvalue weighted by Crippen LogP contribution is -2.10. The molecular formula is C14H14F2N2OS. The van der Waals surface area contributed by atoms with Gasteiger partial charge in [-0.25, -0.2) is 4.98 Å². The van der Waals surface area contributed by atoms with Crippen LogP contribution in [0.15, 0.2) is 40.0 Å². The van der Waals surface area contributed by atoms with Crippen LogP contribution in [0, 0.1) is 0 Å². The lowest BCUT2D eigenvalue weighted by molar-refractivity contribution is 0.252. The van der Waals surface area contributed by atoms with Crippen LogP contribution in [-0.2, 0) is 6.42 Å². The molecule has 3 nitrogen and oxygen atoms in total. The minimum Gasteiger partial charge on any atom is -0.311 e. The molecular weight excluding hydrogens is 282 g/mol. The number of aryl methyl sites for hydroxylation is 1. The molecule has 0 atom stereocenters. The fourth-order valence-corrected chi connectivity index (χ4v) is 2.32. The number of nitrogens with one attached hydrogen (secondary N) is 1. The third-order valence-corrected chi connectivity index (χ3v) is 3.38. The van der Waals surface area contributed by atoms with Crippen molar-refractivity contribution in [3.05, 3.63) is 46.5 Å². The number of benzene rings is 1. The van der Waals surface area contributed by atoms with Gasteiger partial charge in [0.25, 0.3) is 11.3 Å². The monoisotopic (exact) mass is 296 g/mol. The normalized spacial score (nSPS) is 11.0. The molecule has 0 aliphatic rings. The summed E-state index contributed by atoms with van der Waals surface area (Å²) in [5, 5.41) is 0. The maximum absolute atomic E-state index is 12.2. The van der Waals surface area contributed by atoms with Gasteiger partial charge in [-0.1, -0.05) is 30.8 Å². The number of halogens is 2. The number of nitrogens with zero attached hydrogens (tertiary/aromatic N) is 1. The van der Waals surface area contributed by atoms with Crippen molar-refractivity contribution < 1.29 is 8.78 Å². The summed E-state index contributed by atoms with van der Waals surface area (Å²) in [6.45, 7) is 2.00. The fourth-order valence-electron chi connectivity index (χ4n) is 1.82. The minimum absolute atomic E-state index is 0.204. The van der Waals surface area contributed by atoms with Gasteiger partial charge < -0.3 is 4.98 Å². The van der Waals surface area contributed by atoms with Crippen LogP contribution in [0.25, 0.3) is 11.3 Å². The molecule has 0 amide bonds. The SMILES string of the molecule is CCCc1nc(-c2ccc(SC(F)F)cc2)cc(=O)[nH]1. The highest BCUT2D eigenvalue weighted by Crippen LogP contribution is 2.27. The standard InChI is InChI=1S/C14H14F2N2OS/c1-2-3-12-17-11(8-13(19)18-12)9-4-6-10(7-5-9)20-14(15)16/h4-8,14H,2-3H2,1H3,(H,17,18,19). The molecule has 0 saturated carbocycles. The van der Waals surface area contributed by atoms with Gasteiger partial charge in [0, 0.05) is 22.9 Å². The van der Waals surface area contributed by atoms with Crippen LogP contribution >= 0.6 is 11.8 Å². The van der Waals surface area contributed by atoms with Crippen LogP contribution in [0.4, 0.5) is 8.78 Å². The van der Waals surface area contributed by atoms with E-state index in [0.717, 1.165) is 12.0 Å². The molecule has 6 heteroatoms. The second-order valence-corrected chi connectivity index (χ2v) is 5.29. The van der Waals surface area contributed by atoms with Gasteiger partial charge in [-0.05, 0) is 18.6 Å². The average molecular weight is 296 g/mol. The molecule has 0 radical (unpaired) electrons. The topological polar surface area (TPSA) is 45.8 Å². The Labute approximate surface area is 119 Å². The molecule has 2 rings (SSSR count). The Bertz CT molecular complexity index is 626. The predicted octanol–water partition coefficient (Wildman–Crippen LogP) is 3.70.